The summed E-state index contributed by atoms with van der Waals surface area (Å²) in [7, 11) is -6.44. The predicted octanol–water partition coefficient (Wildman–Crippen LogP) is -0.916. The van der Waals surface area contributed by atoms with E-state index >= 15 is 0 Å². The smallest absolute Gasteiger partial charge is 0.746 e. The Morgan fingerprint density at radius 3 is 1.48 bits per heavy atom. The fourth-order valence-electron chi connectivity index (χ4n) is 1.01. The van der Waals surface area contributed by atoms with Crippen LogP contribution in [-0.4, -0.2) is 55.5 Å². The zero-order valence-corrected chi connectivity index (χ0v) is 10.8. The molecular formula is C7H6F9LiO3S. The molecule has 0 bridgehead atoms. The first kappa shape index (κ1) is 23.1. The summed E-state index contributed by atoms with van der Waals surface area (Å²) in [6.45, 7) is 0. The number of hydrogen-bond acceptors (Lipinski definition) is 3. The van der Waals surface area contributed by atoms with Gasteiger partial charge >= 0.3 is 24.8 Å². The summed E-state index contributed by atoms with van der Waals surface area (Å²) in [5, 5.41) is 0. The van der Waals surface area contributed by atoms with E-state index in [1.165, 1.54) is 0 Å². The molecule has 5 unspecified atom stereocenters. The first-order chi connectivity index (χ1) is 8.74. The van der Waals surface area contributed by atoms with Gasteiger partial charge in [-0.25, -0.2) is 39.2 Å². The standard InChI is InChI=1S/C7H7F9O3S.Li/c8-1(3(10)5(12)13)2(9)4(11)7(15,16)6(14)20(17,18)19;/h1-6H,(H,17,18,19);/q;+1/p-1. The van der Waals surface area contributed by atoms with Crippen LogP contribution in [0.5, 0.6) is 0 Å². The first-order valence-electron chi connectivity index (χ1n) is 4.55. The zero-order chi connectivity index (χ0) is 16.5. The van der Waals surface area contributed by atoms with E-state index in [4.69, 9.17) is 0 Å². The molecule has 0 aromatic rings. The summed E-state index contributed by atoms with van der Waals surface area (Å²) >= 11 is 0. The van der Waals surface area contributed by atoms with E-state index < -0.39 is 52.7 Å². The topological polar surface area (TPSA) is 57.2 Å². The second kappa shape index (κ2) is 7.94. The van der Waals surface area contributed by atoms with Crippen LogP contribution in [0.3, 0.4) is 0 Å². The maximum absolute atomic E-state index is 12.8. The van der Waals surface area contributed by atoms with Crippen LogP contribution in [0.4, 0.5) is 39.5 Å². The predicted molar refractivity (Wildman–Crippen MR) is 45.1 cm³/mol. The normalized spacial score (nSPS) is 20.3. The van der Waals surface area contributed by atoms with Crippen molar-refractivity contribution in [3.63, 3.8) is 0 Å². The van der Waals surface area contributed by atoms with E-state index in [1.54, 1.807) is 0 Å². The Bertz CT molecular complexity index is 420. The molecule has 0 spiro atoms. The summed E-state index contributed by atoms with van der Waals surface area (Å²) in [6.07, 6.45) is -21.3. The van der Waals surface area contributed by atoms with Gasteiger partial charge in [-0.1, -0.05) is 0 Å². The molecule has 0 N–H and O–H groups in total. The van der Waals surface area contributed by atoms with Gasteiger partial charge in [-0.05, 0) is 0 Å². The van der Waals surface area contributed by atoms with Gasteiger partial charge < -0.3 is 4.55 Å². The largest absolute Gasteiger partial charge is 1.00 e. The van der Waals surface area contributed by atoms with Crippen molar-refractivity contribution >= 4 is 10.1 Å². The molecule has 0 amide bonds. The summed E-state index contributed by atoms with van der Waals surface area (Å²) < 4.78 is 142. The van der Waals surface area contributed by atoms with E-state index in [0.717, 1.165) is 0 Å². The van der Waals surface area contributed by atoms with Crippen LogP contribution >= 0.6 is 0 Å². The average Bonchev–Trinajstić information content (AvgIpc) is 2.32. The molecule has 0 saturated heterocycles. The fourth-order valence-corrected chi connectivity index (χ4v) is 1.52. The second-order valence-electron chi connectivity index (χ2n) is 3.55. The molecule has 0 aromatic carbocycles. The molecule has 0 radical (unpaired) electrons. The Morgan fingerprint density at radius 1 is 0.810 bits per heavy atom. The summed E-state index contributed by atoms with van der Waals surface area (Å²) in [6, 6.07) is 0. The monoisotopic (exact) mass is 348 g/mol. The van der Waals surface area contributed by atoms with Crippen molar-refractivity contribution in [1.29, 1.82) is 0 Å². The molecule has 0 aliphatic heterocycles. The van der Waals surface area contributed by atoms with E-state index in [1.807, 2.05) is 0 Å². The van der Waals surface area contributed by atoms with E-state index in [2.05, 4.69) is 0 Å². The minimum absolute atomic E-state index is 0. The molecule has 14 heteroatoms. The molecule has 0 aliphatic carbocycles. The van der Waals surface area contributed by atoms with E-state index in [-0.39, 0.29) is 18.9 Å². The maximum Gasteiger partial charge on any atom is 1.00 e. The fraction of sp³-hybridized carbons (Fsp3) is 1.00. The van der Waals surface area contributed by atoms with Gasteiger partial charge in [0.25, 0.3) is 11.9 Å². The number of alkyl halides is 9. The van der Waals surface area contributed by atoms with Gasteiger partial charge in [0.05, 0.1) is 0 Å². The van der Waals surface area contributed by atoms with Crippen LogP contribution in [0.15, 0.2) is 0 Å². The Morgan fingerprint density at radius 2 is 1.19 bits per heavy atom. The van der Waals surface area contributed by atoms with E-state index in [9.17, 15) is 52.5 Å². The third-order valence-electron chi connectivity index (χ3n) is 2.05. The van der Waals surface area contributed by atoms with Crippen LogP contribution < -0.4 is 18.9 Å². The Hall–Kier alpha value is -0.123. The van der Waals surface area contributed by atoms with Gasteiger partial charge in [-0.3, -0.25) is 0 Å². The summed E-state index contributed by atoms with van der Waals surface area (Å²) in [4.78, 5) is 0. The Kier molecular flexibility index (Phi) is 8.75. The first-order valence-corrected chi connectivity index (χ1v) is 6.02. The summed E-state index contributed by atoms with van der Waals surface area (Å²) in [5.74, 6) is -5.88. The minimum atomic E-state index is -6.44. The van der Waals surface area contributed by atoms with Gasteiger partial charge in [0.1, 0.15) is 10.1 Å². The molecule has 0 rings (SSSR count). The van der Waals surface area contributed by atoms with Crippen molar-refractivity contribution in [3.8, 4) is 0 Å². The molecule has 0 aromatic heterocycles. The van der Waals surface area contributed by atoms with Gasteiger partial charge in [0, 0.05) is 0 Å². The second-order valence-corrected chi connectivity index (χ2v) is 4.95. The molecule has 21 heavy (non-hydrogen) atoms. The van der Waals surface area contributed by atoms with Gasteiger partial charge in [0.2, 0.25) is 6.17 Å². The van der Waals surface area contributed by atoms with Crippen LogP contribution in [-0.2, 0) is 10.1 Å². The molecule has 0 aliphatic rings. The third kappa shape index (κ3) is 5.54. The van der Waals surface area contributed by atoms with Crippen molar-refractivity contribution in [2.75, 3.05) is 0 Å². The van der Waals surface area contributed by atoms with Crippen molar-refractivity contribution in [3.05, 3.63) is 0 Å². The van der Waals surface area contributed by atoms with Crippen LogP contribution in [0.2, 0.25) is 0 Å². The molecule has 122 valence electrons. The Balaban J connectivity index is 0. The Labute approximate surface area is 124 Å². The summed E-state index contributed by atoms with van der Waals surface area (Å²) in [5.41, 5.74) is -4.79. The zero-order valence-electron chi connectivity index (χ0n) is 10.00. The molecule has 5 atom stereocenters. The van der Waals surface area contributed by atoms with Crippen molar-refractivity contribution in [1.82, 2.24) is 0 Å². The van der Waals surface area contributed by atoms with Crippen LogP contribution in [0, 0.1) is 0 Å². The van der Waals surface area contributed by atoms with Gasteiger partial charge in [-0.2, -0.15) is 8.78 Å². The average molecular weight is 348 g/mol. The van der Waals surface area contributed by atoms with Crippen LogP contribution in [0.25, 0.3) is 0 Å². The van der Waals surface area contributed by atoms with Gasteiger partial charge in [0.15, 0.2) is 18.5 Å². The number of rotatable bonds is 7. The maximum atomic E-state index is 12.8. The van der Waals surface area contributed by atoms with Crippen molar-refractivity contribution < 1.29 is 71.3 Å². The van der Waals surface area contributed by atoms with Crippen molar-refractivity contribution in [2.24, 2.45) is 0 Å². The van der Waals surface area contributed by atoms with E-state index in [0.29, 0.717) is 0 Å². The van der Waals surface area contributed by atoms with Crippen LogP contribution in [0.1, 0.15) is 0 Å². The number of hydrogen-bond donors (Lipinski definition) is 0. The molecule has 3 nitrogen and oxygen atoms in total. The SMILES string of the molecule is O=S(=O)([O-])C(F)C(F)(F)C(F)C(F)C(F)C(F)C(F)F.[Li+]. The number of halogens is 9. The quantitative estimate of drug-likeness (QED) is 0.340. The molecule has 0 saturated carbocycles. The molecule has 0 fully saturated rings. The minimum Gasteiger partial charge on any atom is -0.746 e. The van der Waals surface area contributed by atoms with Crippen molar-refractivity contribution in [2.45, 2.75) is 42.5 Å². The molecule has 0 heterocycles. The van der Waals surface area contributed by atoms with Gasteiger partial charge in [-0.15, -0.1) is 0 Å². The third-order valence-corrected chi connectivity index (χ3v) is 2.87. The molecular weight excluding hydrogens is 342 g/mol.